The van der Waals surface area contributed by atoms with Crippen LogP contribution < -0.4 is 15.2 Å². The van der Waals surface area contributed by atoms with Crippen LogP contribution in [0.15, 0.2) is 41.3 Å². The van der Waals surface area contributed by atoms with Crippen molar-refractivity contribution in [2.45, 2.75) is 4.90 Å². The number of methoxy groups -OCH3 is 1. The number of nitrogen functional groups attached to an aromatic ring is 1. The molecule has 0 saturated carbocycles. The maximum atomic E-state index is 13.3. The van der Waals surface area contributed by atoms with Crippen molar-refractivity contribution in [1.82, 2.24) is 0 Å². The largest absolute Gasteiger partial charge is 0.494 e. The Labute approximate surface area is 126 Å². The molecule has 0 aromatic heterocycles. The van der Waals surface area contributed by atoms with Crippen LogP contribution in [0, 0.1) is 5.82 Å². The summed E-state index contributed by atoms with van der Waals surface area (Å²) in [5, 5.41) is 0.0331. The van der Waals surface area contributed by atoms with E-state index in [1.807, 2.05) is 0 Å². The molecule has 2 aromatic carbocycles. The lowest BCUT2D eigenvalue weighted by Crippen LogP contribution is -2.14. The second kappa shape index (κ2) is 5.79. The molecular formula is C13H12ClFN2O3S. The minimum Gasteiger partial charge on any atom is -0.494 e. The topological polar surface area (TPSA) is 81.4 Å². The van der Waals surface area contributed by atoms with E-state index in [-0.39, 0.29) is 27.0 Å². The number of anilines is 2. The molecule has 0 fully saturated rings. The van der Waals surface area contributed by atoms with E-state index in [2.05, 4.69) is 4.72 Å². The van der Waals surface area contributed by atoms with Crippen LogP contribution in [0.2, 0.25) is 5.02 Å². The van der Waals surface area contributed by atoms with Crippen molar-refractivity contribution in [3.8, 4) is 5.75 Å². The van der Waals surface area contributed by atoms with Crippen LogP contribution >= 0.6 is 11.6 Å². The molecule has 0 aliphatic rings. The maximum Gasteiger partial charge on any atom is 0.263 e. The molecule has 0 bridgehead atoms. The molecule has 8 heteroatoms. The van der Waals surface area contributed by atoms with Crippen molar-refractivity contribution in [2.75, 3.05) is 17.6 Å². The van der Waals surface area contributed by atoms with Crippen molar-refractivity contribution in [1.29, 1.82) is 0 Å². The average molecular weight is 331 g/mol. The number of benzene rings is 2. The molecule has 0 spiro atoms. The molecule has 0 saturated heterocycles. The third-order valence-electron chi connectivity index (χ3n) is 2.65. The number of ether oxygens (including phenoxy) is 1. The summed E-state index contributed by atoms with van der Waals surface area (Å²) < 4.78 is 44.9. The molecule has 0 aliphatic heterocycles. The van der Waals surface area contributed by atoms with Gasteiger partial charge in [-0.05, 0) is 30.3 Å². The molecule has 0 aliphatic carbocycles. The summed E-state index contributed by atoms with van der Waals surface area (Å²) in [7, 11) is -2.66. The molecule has 2 rings (SSSR count). The van der Waals surface area contributed by atoms with Crippen LogP contribution in [0.25, 0.3) is 0 Å². The summed E-state index contributed by atoms with van der Waals surface area (Å²) in [6, 6.07) is 7.71. The molecule has 0 unspecified atom stereocenters. The minimum atomic E-state index is -3.94. The predicted octanol–water partition coefficient (Wildman–Crippen LogP) is 2.87. The molecule has 0 atom stereocenters. The zero-order valence-electron chi connectivity index (χ0n) is 10.9. The third kappa shape index (κ3) is 3.37. The Morgan fingerprint density at radius 3 is 2.62 bits per heavy atom. The predicted molar refractivity (Wildman–Crippen MR) is 79.6 cm³/mol. The van der Waals surface area contributed by atoms with Crippen LogP contribution in [-0.4, -0.2) is 15.5 Å². The summed E-state index contributed by atoms with van der Waals surface area (Å²) in [5.41, 5.74) is 5.97. The Bertz CT molecular complexity index is 781. The Morgan fingerprint density at radius 1 is 1.24 bits per heavy atom. The number of nitrogens with one attached hydrogen (secondary N) is 1. The van der Waals surface area contributed by atoms with E-state index in [0.29, 0.717) is 0 Å². The Hall–Kier alpha value is -1.99. The van der Waals surface area contributed by atoms with E-state index in [1.54, 1.807) is 0 Å². The zero-order valence-corrected chi connectivity index (χ0v) is 12.5. The van der Waals surface area contributed by atoms with Gasteiger partial charge in [0.15, 0.2) is 11.6 Å². The smallest absolute Gasteiger partial charge is 0.263 e. The molecule has 0 radical (unpaired) electrons. The maximum absolute atomic E-state index is 13.3. The van der Waals surface area contributed by atoms with Crippen molar-refractivity contribution in [3.63, 3.8) is 0 Å². The van der Waals surface area contributed by atoms with Crippen LogP contribution in [-0.2, 0) is 10.0 Å². The van der Waals surface area contributed by atoms with Crippen LogP contribution in [0.4, 0.5) is 15.8 Å². The van der Waals surface area contributed by atoms with Gasteiger partial charge >= 0.3 is 0 Å². The van der Waals surface area contributed by atoms with Gasteiger partial charge in [0.1, 0.15) is 4.90 Å². The van der Waals surface area contributed by atoms with Crippen LogP contribution in [0.1, 0.15) is 0 Å². The normalized spacial score (nSPS) is 11.2. The molecular weight excluding hydrogens is 319 g/mol. The summed E-state index contributed by atoms with van der Waals surface area (Å²) in [6.45, 7) is 0. The van der Waals surface area contributed by atoms with Gasteiger partial charge in [0.05, 0.1) is 17.8 Å². The van der Waals surface area contributed by atoms with E-state index in [9.17, 15) is 12.8 Å². The fourth-order valence-corrected chi connectivity index (χ4v) is 3.24. The average Bonchev–Trinajstić information content (AvgIpc) is 2.43. The van der Waals surface area contributed by atoms with Gasteiger partial charge in [-0.15, -0.1) is 0 Å². The van der Waals surface area contributed by atoms with Gasteiger partial charge in [-0.3, -0.25) is 4.72 Å². The quantitative estimate of drug-likeness (QED) is 0.845. The van der Waals surface area contributed by atoms with Crippen molar-refractivity contribution in [2.24, 2.45) is 0 Å². The zero-order chi connectivity index (χ0) is 15.6. The van der Waals surface area contributed by atoms with Gasteiger partial charge in [-0.25, -0.2) is 12.8 Å². The van der Waals surface area contributed by atoms with E-state index < -0.39 is 15.8 Å². The Balaban J connectivity index is 2.40. The fraction of sp³-hybridized carbons (Fsp3) is 0.0769. The van der Waals surface area contributed by atoms with E-state index in [4.69, 9.17) is 22.1 Å². The van der Waals surface area contributed by atoms with Gasteiger partial charge in [0.2, 0.25) is 0 Å². The summed E-state index contributed by atoms with van der Waals surface area (Å²) in [4.78, 5) is -0.160. The molecule has 2 aromatic rings. The van der Waals surface area contributed by atoms with Gasteiger partial charge in [0, 0.05) is 11.8 Å². The number of hydrogen-bond donors (Lipinski definition) is 2. The second-order valence-electron chi connectivity index (χ2n) is 4.14. The first-order valence-electron chi connectivity index (χ1n) is 5.75. The Kier molecular flexibility index (Phi) is 4.24. The summed E-state index contributed by atoms with van der Waals surface area (Å²) >= 11 is 5.87. The van der Waals surface area contributed by atoms with Crippen molar-refractivity contribution >= 4 is 33.0 Å². The lowest BCUT2D eigenvalue weighted by molar-refractivity contribution is 0.387. The SMILES string of the molecule is COc1cc(NS(=O)(=O)c2cc(N)ccc2Cl)ccc1F. The highest BCUT2D eigenvalue weighted by molar-refractivity contribution is 7.92. The van der Waals surface area contributed by atoms with Crippen molar-refractivity contribution in [3.05, 3.63) is 47.2 Å². The van der Waals surface area contributed by atoms with Crippen LogP contribution in [0.3, 0.4) is 0 Å². The van der Waals surface area contributed by atoms with Gasteiger partial charge in [0.25, 0.3) is 10.0 Å². The molecule has 0 heterocycles. The highest BCUT2D eigenvalue weighted by atomic mass is 35.5. The molecule has 21 heavy (non-hydrogen) atoms. The van der Waals surface area contributed by atoms with Gasteiger partial charge < -0.3 is 10.5 Å². The number of sulfonamides is 1. The number of halogens is 2. The van der Waals surface area contributed by atoms with E-state index >= 15 is 0 Å². The lowest BCUT2D eigenvalue weighted by Gasteiger charge is -2.11. The van der Waals surface area contributed by atoms with E-state index in [0.717, 1.165) is 6.07 Å². The first-order valence-corrected chi connectivity index (χ1v) is 7.61. The minimum absolute atomic E-state index is 0.0331. The van der Waals surface area contributed by atoms with Gasteiger partial charge in [-0.2, -0.15) is 0 Å². The first kappa shape index (κ1) is 15.4. The van der Waals surface area contributed by atoms with Crippen molar-refractivity contribution < 1.29 is 17.5 Å². The number of hydrogen-bond acceptors (Lipinski definition) is 4. The van der Waals surface area contributed by atoms with E-state index in [1.165, 1.54) is 37.4 Å². The standard InChI is InChI=1S/C13H12ClFN2O3S/c1-20-12-7-9(3-5-11(12)15)17-21(18,19)13-6-8(16)2-4-10(13)14/h2-7,17H,16H2,1H3. The molecule has 112 valence electrons. The number of rotatable bonds is 4. The Morgan fingerprint density at radius 2 is 1.95 bits per heavy atom. The molecule has 3 N–H and O–H groups in total. The monoisotopic (exact) mass is 330 g/mol. The fourth-order valence-electron chi connectivity index (χ4n) is 1.66. The lowest BCUT2D eigenvalue weighted by atomic mass is 10.3. The summed E-state index contributed by atoms with van der Waals surface area (Å²) in [5.74, 6) is -0.670. The highest BCUT2D eigenvalue weighted by Gasteiger charge is 2.19. The van der Waals surface area contributed by atoms with Gasteiger partial charge in [-0.1, -0.05) is 11.6 Å². The third-order valence-corrected chi connectivity index (χ3v) is 4.51. The summed E-state index contributed by atoms with van der Waals surface area (Å²) in [6.07, 6.45) is 0. The highest BCUT2D eigenvalue weighted by Crippen LogP contribution is 2.27. The number of nitrogens with two attached hydrogens (primary N) is 1. The molecule has 0 amide bonds. The van der Waals surface area contributed by atoms with Crippen LogP contribution in [0.5, 0.6) is 5.75 Å². The second-order valence-corrected chi connectivity index (χ2v) is 6.20. The molecule has 5 nitrogen and oxygen atoms in total. The first-order chi connectivity index (χ1) is 9.83.